The molecule has 0 bridgehead atoms. The Hall–Kier alpha value is -0.0900. The minimum Gasteiger partial charge on any atom is -0.352 e. The molecule has 0 amide bonds. The van der Waals surface area contributed by atoms with Gasteiger partial charge in [0, 0.05) is 17.7 Å². The van der Waals surface area contributed by atoms with Gasteiger partial charge in [-0.2, -0.15) is 8.62 Å². The zero-order valence-corrected chi connectivity index (χ0v) is 19.1. The molecule has 2 fully saturated rings. The molecule has 170 valence electrons. The highest BCUT2D eigenvalue weighted by molar-refractivity contribution is 7.66. The van der Waals surface area contributed by atoms with Crippen LogP contribution in [0.25, 0.3) is 0 Å². The third-order valence-electron chi connectivity index (χ3n) is 4.71. The molecule has 2 heterocycles. The van der Waals surface area contributed by atoms with E-state index in [0.29, 0.717) is 12.3 Å². The lowest BCUT2D eigenvalue weighted by Crippen LogP contribution is -2.46. The zero-order valence-electron chi connectivity index (χ0n) is 16.4. The van der Waals surface area contributed by atoms with E-state index in [9.17, 15) is 23.5 Å². The highest BCUT2D eigenvalue weighted by Crippen LogP contribution is 2.66. The van der Waals surface area contributed by atoms with Crippen LogP contribution in [0.5, 0.6) is 0 Å². The van der Waals surface area contributed by atoms with Crippen molar-refractivity contribution in [2.24, 2.45) is 11.3 Å². The van der Waals surface area contributed by atoms with E-state index in [1.165, 1.54) is 0 Å². The number of hydrogen-bond donors (Lipinski definition) is 4. The van der Waals surface area contributed by atoms with Crippen molar-refractivity contribution in [1.29, 1.82) is 0 Å². The van der Waals surface area contributed by atoms with Gasteiger partial charge in [0.25, 0.3) is 0 Å². The fraction of sp³-hybridized carbons (Fsp3) is 0.857. The summed E-state index contributed by atoms with van der Waals surface area (Å²) in [6.07, 6.45) is 1.41. The van der Waals surface area contributed by atoms with E-state index in [1.807, 2.05) is 13.8 Å². The first-order chi connectivity index (χ1) is 13.0. The van der Waals surface area contributed by atoms with Crippen LogP contribution in [0, 0.1) is 11.3 Å². The van der Waals surface area contributed by atoms with Gasteiger partial charge in [-0.1, -0.05) is 27.4 Å². The molecule has 0 aromatic rings. The molecule has 4 N–H and O–H groups in total. The van der Waals surface area contributed by atoms with Crippen molar-refractivity contribution in [3.05, 3.63) is 12.3 Å². The summed E-state index contributed by atoms with van der Waals surface area (Å²) < 4.78 is 52.0. The van der Waals surface area contributed by atoms with Gasteiger partial charge in [-0.15, -0.1) is 0 Å². The Labute approximate surface area is 169 Å². The lowest BCUT2D eigenvalue weighted by Gasteiger charge is -2.43. The van der Waals surface area contributed by atoms with E-state index in [4.69, 9.17) is 19.0 Å². The van der Waals surface area contributed by atoms with Gasteiger partial charge in [0.15, 0.2) is 0 Å². The molecular weight excluding hydrogens is 451 g/mol. The maximum Gasteiger partial charge on any atom is 0.490 e. The SMILES string of the molecule is C=C1CCC(C)CN1C1OC(COP(=O)(O)OP(=O)(O)OP(=O)(O)O)CC1(C)C. The third-order valence-corrected chi connectivity index (χ3v) is 8.51. The van der Waals surface area contributed by atoms with Crippen LogP contribution in [0.4, 0.5) is 0 Å². The van der Waals surface area contributed by atoms with Gasteiger partial charge in [0.2, 0.25) is 0 Å². The molecule has 0 radical (unpaired) electrons. The van der Waals surface area contributed by atoms with Crippen LogP contribution in [0.3, 0.4) is 0 Å². The Bertz CT molecular complexity index is 766. The van der Waals surface area contributed by atoms with Crippen LogP contribution in [0.15, 0.2) is 12.3 Å². The van der Waals surface area contributed by atoms with E-state index in [2.05, 4.69) is 27.0 Å². The highest BCUT2D eigenvalue weighted by Gasteiger charge is 2.47. The fourth-order valence-corrected chi connectivity index (χ4v) is 6.60. The summed E-state index contributed by atoms with van der Waals surface area (Å²) >= 11 is 0. The molecule has 2 rings (SSSR count). The van der Waals surface area contributed by atoms with Crippen molar-refractivity contribution in [2.45, 2.75) is 52.4 Å². The molecule has 29 heavy (non-hydrogen) atoms. The van der Waals surface area contributed by atoms with Crippen molar-refractivity contribution < 1.29 is 51.2 Å². The summed E-state index contributed by atoms with van der Waals surface area (Å²) in [6.45, 7) is 10.5. The lowest BCUT2D eigenvalue weighted by molar-refractivity contribution is -0.0911. The Morgan fingerprint density at radius 1 is 1.17 bits per heavy atom. The van der Waals surface area contributed by atoms with Gasteiger partial charge < -0.3 is 29.2 Å². The number of rotatable bonds is 8. The van der Waals surface area contributed by atoms with E-state index in [0.717, 1.165) is 25.1 Å². The molecular formula is C14H28NO11P3. The topological polar surface area (TPSA) is 172 Å². The van der Waals surface area contributed by atoms with Crippen LogP contribution in [-0.4, -0.2) is 50.0 Å². The molecule has 2 aliphatic heterocycles. The molecule has 0 aromatic heterocycles. The first-order valence-corrected chi connectivity index (χ1v) is 13.4. The van der Waals surface area contributed by atoms with Crippen molar-refractivity contribution in [1.82, 2.24) is 4.90 Å². The Kier molecular flexibility index (Phi) is 7.64. The first-order valence-electron chi connectivity index (χ1n) is 8.88. The zero-order chi connectivity index (χ0) is 22.3. The predicted octanol–water partition coefficient (Wildman–Crippen LogP) is 2.72. The summed E-state index contributed by atoms with van der Waals surface area (Å²) in [4.78, 5) is 37.9. The summed E-state index contributed by atoms with van der Waals surface area (Å²) in [5.41, 5.74) is 0.624. The molecule has 2 saturated heterocycles. The molecule has 2 aliphatic rings. The monoisotopic (exact) mass is 479 g/mol. The van der Waals surface area contributed by atoms with Crippen LogP contribution < -0.4 is 0 Å². The number of likely N-dealkylation sites (tertiary alicyclic amines) is 1. The molecule has 0 saturated carbocycles. The molecule has 5 unspecified atom stereocenters. The quantitative estimate of drug-likeness (QED) is 0.376. The van der Waals surface area contributed by atoms with E-state index < -0.39 is 36.2 Å². The fourth-order valence-electron chi connectivity index (χ4n) is 3.55. The number of allylic oxidation sites excluding steroid dienone is 1. The van der Waals surface area contributed by atoms with Gasteiger partial charge >= 0.3 is 23.5 Å². The second-order valence-corrected chi connectivity index (χ2v) is 12.5. The average Bonchev–Trinajstić information content (AvgIpc) is 2.79. The summed E-state index contributed by atoms with van der Waals surface area (Å²) in [7, 11) is -16.1. The highest BCUT2D eigenvalue weighted by atomic mass is 31.3. The average molecular weight is 479 g/mol. The van der Waals surface area contributed by atoms with Crippen molar-refractivity contribution in [3.63, 3.8) is 0 Å². The maximum atomic E-state index is 11.9. The Balaban J connectivity index is 1.97. The Morgan fingerprint density at radius 2 is 1.79 bits per heavy atom. The van der Waals surface area contributed by atoms with Crippen LogP contribution in [-0.2, 0) is 31.6 Å². The number of piperidine rings is 1. The second-order valence-electron chi connectivity index (χ2n) is 8.05. The maximum absolute atomic E-state index is 11.9. The molecule has 0 aliphatic carbocycles. The third kappa shape index (κ3) is 7.52. The molecule has 15 heteroatoms. The largest absolute Gasteiger partial charge is 0.490 e. The van der Waals surface area contributed by atoms with Crippen molar-refractivity contribution in [3.8, 4) is 0 Å². The van der Waals surface area contributed by atoms with Crippen LogP contribution >= 0.6 is 23.5 Å². The van der Waals surface area contributed by atoms with E-state index in [-0.39, 0.29) is 11.6 Å². The molecule has 5 atom stereocenters. The van der Waals surface area contributed by atoms with Gasteiger partial charge in [0.1, 0.15) is 6.23 Å². The molecule has 12 nitrogen and oxygen atoms in total. The predicted molar refractivity (Wildman–Crippen MR) is 101 cm³/mol. The Morgan fingerprint density at radius 3 is 2.38 bits per heavy atom. The summed E-state index contributed by atoms with van der Waals surface area (Å²) in [5.74, 6) is 0.467. The smallest absolute Gasteiger partial charge is 0.352 e. The number of phosphoric acid groups is 3. The van der Waals surface area contributed by atoms with Gasteiger partial charge in [0.05, 0.1) is 12.7 Å². The summed E-state index contributed by atoms with van der Waals surface area (Å²) in [5, 5.41) is 0. The van der Waals surface area contributed by atoms with Crippen LogP contribution in [0.2, 0.25) is 0 Å². The first kappa shape index (κ1) is 25.2. The van der Waals surface area contributed by atoms with Gasteiger partial charge in [-0.05, 0) is 25.2 Å². The molecule has 0 spiro atoms. The number of hydrogen-bond acceptors (Lipinski definition) is 8. The minimum atomic E-state index is -5.53. The van der Waals surface area contributed by atoms with E-state index in [1.54, 1.807) is 0 Å². The number of nitrogens with zero attached hydrogens (tertiary/aromatic N) is 1. The normalized spacial score (nSPS) is 32.0. The van der Waals surface area contributed by atoms with Crippen LogP contribution in [0.1, 0.15) is 40.0 Å². The standard InChI is InChI=1S/C14H28NO11P3/c1-10-5-6-11(2)15(8-10)13-14(3,4)7-12(24-13)9-23-28(19,20)26-29(21,22)25-27(16,17)18/h10,12-13H,2,5-9H2,1,3-4H3,(H,19,20)(H,21,22)(H2,16,17,18). The van der Waals surface area contributed by atoms with Crippen molar-refractivity contribution in [2.75, 3.05) is 13.2 Å². The number of phosphoric ester groups is 1. The molecule has 0 aromatic carbocycles. The van der Waals surface area contributed by atoms with E-state index >= 15 is 0 Å². The minimum absolute atomic E-state index is 0.327. The van der Waals surface area contributed by atoms with Gasteiger partial charge in [-0.3, -0.25) is 4.52 Å². The van der Waals surface area contributed by atoms with Gasteiger partial charge in [-0.25, -0.2) is 13.7 Å². The number of ether oxygens (including phenoxy) is 1. The van der Waals surface area contributed by atoms with Crippen molar-refractivity contribution >= 4 is 23.5 Å². The second kappa shape index (κ2) is 8.81. The summed E-state index contributed by atoms with van der Waals surface area (Å²) in [6, 6.07) is 0. The lowest BCUT2D eigenvalue weighted by atomic mass is 9.85.